The van der Waals surface area contributed by atoms with E-state index >= 15 is 0 Å². The second-order valence-electron chi connectivity index (χ2n) is 4.52. The number of carbonyl (C=O) groups excluding carboxylic acids is 1. The van der Waals surface area contributed by atoms with Gasteiger partial charge in [-0.05, 0) is 30.7 Å². The van der Waals surface area contributed by atoms with E-state index in [0.29, 0.717) is 5.56 Å². The van der Waals surface area contributed by atoms with Crippen molar-refractivity contribution in [1.82, 2.24) is 10.2 Å². The second-order valence-corrected chi connectivity index (χ2v) is 4.52. The number of aromatic nitrogens is 2. The number of carbonyl (C=O) groups is 1. The van der Waals surface area contributed by atoms with E-state index in [4.69, 9.17) is 4.74 Å². The zero-order valence-electron chi connectivity index (χ0n) is 12.5. The zero-order chi connectivity index (χ0) is 17.9. The average Bonchev–Trinajstić information content (AvgIpc) is 2.93. The number of H-pyrrole nitrogens is 1. The fourth-order valence-electron chi connectivity index (χ4n) is 1.93. The van der Waals surface area contributed by atoms with Crippen LogP contribution in [0.2, 0.25) is 0 Å². The van der Waals surface area contributed by atoms with Crippen molar-refractivity contribution < 1.29 is 28.0 Å². The topological polar surface area (TPSA) is 119 Å². The van der Waals surface area contributed by atoms with Gasteiger partial charge in [0, 0.05) is 5.69 Å². The first kappa shape index (κ1) is 17.1. The number of aromatic amines is 1. The predicted octanol–water partition coefficient (Wildman–Crippen LogP) is 2.49. The molecule has 1 heterocycles. The number of aryl methyl sites for hydroxylation is 1. The van der Waals surface area contributed by atoms with E-state index in [-0.39, 0.29) is 17.3 Å². The van der Waals surface area contributed by atoms with Gasteiger partial charge in [0.25, 0.3) is 5.91 Å². The lowest BCUT2D eigenvalue weighted by atomic mass is 10.2. The van der Waals surface area contributed by atoms with Crippen molar-refractivity contribution in [2.24, 2.45) is 0 Å². The molecule has 0 aliphatic rings. The second kappa shape index (κ2) is 6.89. The average molecular weight is 342 g/mol. The Balaban J connectivity index is 2.24. The summed E-state index contributed by atoms with van der Waals surface area (Å²) in [5, 5.41) is 19.2. The summed E-state index contributed by atoms with van der Waals surface area (Å²) in [5.74, 6) is -1.24. The quantitative estimate of drug-likeness (QED) is 0.615. The molecular weight excluding hydrogens is 330 g/mol. The lowest BCUT2D eigenvalue weighted by molar-refractivity contribution is -0.386. The monoisotopic (exact) mass is 342 g/mol. The van der Waals surface area contributed by atoms with Crippen molar-refractivity contribution >= 4 is 17.3 Å². The van der Waals surface area contributed by atoms with Gasteiger partial charge in [0.15, 0.2) is 0 Å². The number of amides is 1. The number of halogens is 2. The minimum absolute atomic E-state index is 0.0744. The van der Waals surface area contributed by atoms with E-state index in [9.17, 15) is 23.7 Å². The summed E-state index contributed by atoms with van der Waals surface area (Å²) < 4.78 is 33.3. The van der Waals surface area contributed by atoms with E-state index in [2.05, 4.69) is 20.3 Å². The highest BCUT2D eigenvalue weighted by Gasteiger charge is 2.30. The van der Waals surface area contributed by atoms with Gasteiger partial charge >= 0.3 is 18.2 Å². The summed E-state index contributed by atoms with van der Waals surface area (Å²) >= 11 is 0. The van der Waals surface area contributed by atoms with E-state index < -0.39 is 28.8 Å². The van der Waals surface area contributed by atoms with Gasteiger partial charge in [-0.1, -0.05) is 0 Å². The fraction of sp³-hybridized carbons (Fsp3) is 0.231. The molecular formula is C13H12F2N4O5. The van der Waals surface area contributed by atoms with Crippen LogP contribution < -0.4 is 14.8 Å². The molecule has 1 amide bonds. The van der Waals surface area contributed by atoms with Crippen LogP contribution in [0.15, 0.2) is 18.2 Å². The van der Waals surface area contributed by atoms with E-state index in [1.54, 1.807) is 6.92 Å². The fourth-order valence-corrected chi connectivity index (χ4v) is 1.93. The number of nitro groups is 1. The van der Waals surface area contributed by atoms with Crippen molar-refractivity contribution in [3.05, 3.63) is 39.6 Å². The predicted molar refractivity (Wildman–Crippen MR) is 77.6 cm³/mol. The van der Waals surface area contributed by atoms with E-state index in [0.717, 1.165) is 0 Å². The van der Waals surface area contributed by atoms with Crippen molar-refractivity contribution in [3.8, 4) is 11.6 Å². The summed E-state index contributed by atoms with van der Waals surface area (Å²) in [7, 11) is 1.18. The Morgan fingerprint density at radius 2 is 2.17 bits per heavy atom. The smallest absolute Gasteiger partial charge is 0.387 e. The molecule has 24 heavy (non-hydrogen) atoms. The molecule has 0 saturated heterocycles. The maximum Gasteiger partial charge on any atom is 0.387 e. The summed E-state index contributed by atoms with van der Waals surface area (Å²) in [6.45, 7) is -1.42. The van der Waals surface area contributed by atoms with Crippen LogP contribution in [-0.4, -0.2) is 34.7 Å². The van der Waals surface area contributed by atoms with Crippen LogP contribution >= 0.6 is 0 Å². The summed E-state index contributed by atoms with van der Waals surface area (Å²) in [6, 6.07) is 3.87. The Labute approximate surface area is 133 Å². The summed E-state index contributed by atoms with van der Waals surface area (Å²) in [5.41, 5.74) is -0.311. The Bertz CT molecular complexity index is 778. The molecule has 1 aromatic carbocycles. The van der Waals surface area contributed by atoms with Crippen molar-refractivity contribution in [2.75, 3.05) is 12.4 Å². The molecule has 2 aromatic rings. The van der Waals surface area contributed by atoms with Crippen LogP contribution in [-0.2, 0) is 0 Å². The number of rotatable bonds is 6. The third-order valence-corrected chi connectivity index (χ3v) is 2.98. The highest BCUT2D eigenvalue weighted by molar-refractivity contribution is 6.06. The van der Waals surface area contributed by atoms with E-state index in [1.165, 1.54) is 25.3 Å². The van der Waals surface area contributed by atoms with Crippen LogP contribution in [0, 0.1) is 17.0 Å². The minimum atomic E-state index is -2.97. The van der Waals surface area contributed by atoms with Crippen molar-refractivity contribution in [1.29, 1.82) is 0 Å². The maximum atomic E-state index is 12.2. The molecule has 2 N–H and O–H groups in total. The molecule has 0 fully saturated rings. The number of methoxy groups -OCH3 is 1. The molecule has 0 spiro atoms. The van der Waals surface area contributed by atoms with Gasteiger partial charge in [-0.3, -0.25) is 20.0 Å². The first-order chi connectivity index (χ1) is 11.3. The van der Waals surface area contributed by atoms with Gasteiger partial charge < -0.3 is 14.8 Å². The van der Waals surface area contributed by atoms with Gasteiger partial charge in [0.05, 0.1) is 12.0 Å². The van der Waals surface area contributed by atoms with Gasteiger partial charge in [-0.15, -0.1) is 5.10 Å². The number of anilines is 1. The number of nitrogens with zero attached hydrogens (tertiary/aromatic N) is 2. The van der Waals surface area contributed by atoms with Gasteiger partial charge in [0.2, 0.25) is 5.69 Å². The van der Waals surface area contributed by atoms with Crippen molar-refractivity contribution in [3.63, 3.8) is 0 Å². The number of alkyl halides is 2. The largest absolute Gasteiger partial charge is 0.475 e. The van der Waals surface area contributed by atoms with Crippen LogP contribution in [0.1, 0.15) is 16.1 Å². The molecule has 9 nitrogen and oxygen atoms in total. The van der Waals surface area contributed by atoms with Gasteiger partial charge in [0.1, 0.15) is 5.75 Å². The Morgan fingerprint density at radius 1 is 1.46 bits per heavy atom. The van der Waals surface area contributed by atoms with Crippen LogP contribution in [0.25, 0.3) is 0 Å². The first-order valence-corrected chi connectivity index (χ1v) is 6.47. The molecule has 0 radical (unpaired) electrons. The van der Waals surface area contributed by atoms with Crippen molar-refractivity contribution in [2.45, 2.75) is 13.5 Å². The molecule has 11 heteroatoms. The van der Waals surface area contributed by atoms with Crippen LogP contribution in [0.5, 0.6) is 11.6 Å². The maximum absolute atomic E-state index is 12.2. The molecule has 0 aliphatic heterocycles. The highest BCUT2D eigenvalue weighted by atomic mass is 19.3. The number of ether oxygens (including phenoxy) is 2. The molecule has 0 saturated carbocycles. The van der Waals surface area contributed by atoms with Gasteiger partial charge in [-0.25, -0.2) is 0 Å². The zero-order valence-corrected chi connectivity index (χ0v) is 12.5. The molecule has 2 rings (SSSR count). The molecule has 0 bridgehead atoms. The Kier molecular flexibility index (Phi) is 4.92. The third-order valence-electron chi connectivity index (χ3n) is 2.98. The normalized spacial score (nSPS) is 10.5. The number of nitrogens with one attached hydrogen (secondary N) is 2. The van der Waals surface area contributed by atoms with Crippen LogP contribution in [0.4, 0.5) is 20.2 Å². The lowest BCUT2D eigenvalue weighted by Gasteiger charge is -2.10. The number of hydrogen-bond donors (Lipinski definition) is 2. The van der Waals surface area contributed by atoms with Gasteiger partial charge in [-0.2, -0.15) is 8.78 Å². The molecule has 128 valence electrons. The minimum Gasteiger partial charge on any atom is -0.475 e. The first-order valence-electron chi connectivity index (χ1n) is 6.47. The van der Waals surface area contributed by atoms with E-state index in [1.807, 2.05) is 0 Å². The summed E-state index contributed by atoms with van der Waals surface area (Å²) in [4.78, 5) is 22.4. The van der Waals surface area contributed by atoms with Crippen LogP contribution in [0.3, 0.4) is 0 Å². The summed E-state index contributed by atoms with van der Waals surface area (Å²) in [6.07, 6.45) is 0. The highest BCUT2D eigenvalue weighted by Crippen LogP contribution is 2.29. The standard InChI is InChI=1S/C13H12F2N4O5/c1-6-5-7(24-13(14)15)3-4-8(6)16-11(20)9-10(19(21)22)12(23-2)18-17-9/h3-5,13H,1-2H3,(H,16,20)(H,17,18). The lowest BCUT2D eigenvalue weighted by Crippen LogP contribution is -2.15. The molecule has 0 unspecified atom stereocenters. The molecule has 1 aromatic heterocycles. The number of benzene rings is 1. The molecule has 0 aliphatic carbocycles. The Morgan fingerprint density at radius 3 is 2.71 bits per heavy atom. The third kappa shape index (κ3) is 3.56. The SMILES string of the molecule is COc1n[nH]c(C(=O)Nc2ccc(OC(F)F)cc2C)c1[N+](=O)[O-]. The molecule has 0 atom stereocenters. The Hall–Kier alpha value is -3.24. The number of hydrogen-bond acceptors (Lipinski definition) is 6.